The zero-order valence-electron chi connectivity index (χ0n) is 5.65. The molecule has 10 heavy (non-hydrogen) atoms. The number of hydrogen-bond donors (Lipinski definition) is 1. The molecular formula is C6H11Br2NSe. The molecule has 1 N–H and O–H groups in total. The van der Waals surface area contributed by atoms with Crippen LogP contribution in [0.25, 0.3) is 0 Å². The first-order valence-corrected chi connectivity index (χ1v) is 7.57. The Morgan fingerprint density at radius 3 is 2.10 bits per heavy atom. The fourth-order valence-corrected chi connectivity index (χ4v) is 5.34. The van der Waals surface area contributed by atoms with Crippen molar-refractivity contribution in [1.29, 1.82) is 0 Å². The molecule has 1 nitrogen and oxygen atoms in total. The van der Waals surface area contributed by atoms with Gasteiger partial charge in [0.05, 0.1) is 0 Å². The maximum absolute atomic E-state index is 3.53. The molecule has 1 rings (SSSR count). The molecule has 1 fully saturated rings. The van der Waals surface area contributed by atoms with Crippen molar-refractivity contribution in [1.82, 2.24) is 5.32 Å². The summed E-state index contributed by atoms with van der Waals surface area (Å²) in [5, 5.41) is 5.78. The van der Waals surface area contributed by atoms with Gasteiger partial charge in [-0.25, -0.2) is 0 Å². The first-order valence-electron chi connectivity index (χ1n) is 3.35. The van der Waals surface area contributed by atoms with Gasteiger partial charge >= 0.3 is 85.5 Å². The van der Waals surface area contributed by atoms with Crippen molar-refractivity contribution in [3.05, 3.63) is 0 Å². The number of halogens is 2. The first kappa shape index (κ1) is 9.53. The van der Waals surface area contributed by atoms with Gasteiger partial charge in [0.15, 0.2) is 0 Å². The standard InChI is InChI=1S/C6H11Br2NSe/c7-1-5-3-9-4-6(2-8)10-5/h5-6,9H,1-4H2. The van der Waals surface area contributed by atoms with Crippen LogP contribution in [0.5, 0.6) is 0 Å². The van der Waals surface area contributed by atoms with Crippen LogP contribution in [0, 0.1) is 0 Å². The van der Waals surface area contributed by atoms with Crippen molar-refractivity contribution in [2.24, 2.45) is 0 Å². The van der Waals surface area contributed by atoms with Gasteiger partial charge in [-0.15, -0.1) is 0 Å². The third-order valence-corrected chi connectivity index (χ3v) is 7.98. The second-order valence-electron chi connectivity index (χ2n) is 2.35. The average molecular weight is 336 g/mol. The number of hydrogen-bond acceptors (Lipinski definition) is 1. The second kappa shape index (κ2) is 5.15. The fourth-order valence-electron chi connectivity index (χ4n) is 0.956. The summed E-state index contributed by atoms with van der Waals surface area (Å²) < 4.78 is 0. The molecular weight excluding hydrogens is 325 g/mol. The fraction of sp³-hybridized carbons (Fsp3) is 1.00. The summed E-state index contributed by atoms with van der Waals surface area (Å²) in [6.45, 7) is 2.43. The second-order valence-corrected chi connectivity index (χ2v) is 7.01. The molecule has 2 atom stereocenters. The van der Waals surface area contributed by atoms with Crippen molar-refractivity contribution in [3.8, 4) is 0 Å². The molecule has 0 aliphatic carbocycles. The van der Waals surface area contributed by atoms with E-state index < -0.39 is 0 Å². The van der Waals surface area contributed by atoms with Crippen LogP contribution >= 0.6 is 31.9 Å². The first-order chi connectivity index (χ1) is 4.86. The quantitative estimate of drug-likeness (QED) is 0.598. The number of rotatable bonds is 2. The van der Waals surface area contributed by atoms with Crippen LogP contribution in [0.15, 0.2) is 0 Å². The molecule has 0 saturated carbocycles. The molecule has 4 heteroatoms. The summed E-state index contributed by atoms with van der Waals surface area (Å²) in [6.07, 6.45) is 0. The topological polar surface area (TPSA) is 12.0 Å². The van der Waals surface area contributed by atoms with Gasteiger partial charge in [-0.2, -0.15) is 0 Å². The third-order valence-electron chi connectivity index (χ3n) is 1.47. The van der Waals surface area contributed by atoms with Gasteiger partial charge in [-0.05, 0) is 0 Å². The summed E-state index contributed by atoms with van der Waals surface area (Å²) in [7, 11) is 0. The van der Waals surface area contributed by atoms with Crippen molar-refractivity contribution in [3.63, 3.8) is 0 Å². The Hall–Kier alpha value is 1.44. The molecule has 0 aromatic carbocycles. The van der Waals surface area contributed by atoms with Crippen molar-refractivity contribution >= 4 is 46.8 Å². The maximum atomic E-state index is 3.53. The predicted molar refractivity (Wildman–Crippen MR) is 53.7 cm³/mol. The monoisotopic (exact) mass is 335 g/mol. The van der Waals surface area contributed by atoms with E-state index in [0.29, 0.717) is 0 Å². The van der Waals surface area contributed by atoms with E-state index in [1.807, 2.05) is 0 Å². The van der Waals surface area contributed by atoms with E-state index in [1.54, 1.807) is 0 Å². The van der Waals surface area contributed by atoms with E-state index in [-0.39, 0.29) is 0 Å². The molecule has 0 amide bonds. The molecule has 1 heterocycles. The van der Waals surface area contributed by atoms with Gasteiger partial charge in [0.2, 0.25) is 0 Å². The molecule has 1 saturated heterocycles. The van der Waals surface area contributed by atoms with Crippen LogP contribution in [-0.4, -0.2) is 38.7 Å². The average Bonchev–Trinajstić information content (AvgIpc) is 2.05. The van der Waals surface area contributed by atoms with Gasteiger partial charge < -0.3 is 0 Å². The SMILES string of the molecule is BrCC1CNCC(CBr)[Se]1. The van der Waals surface area contributed by atoms with Gasteiger partial charge in [0, 0.05) is 0 Å². The van der Waals surface area contributed by atoms with Crippen LogP contribution in [0.1, 0.15) is 0 Å². The van der Waals surface area contributed by atoms with Crippen LogP contribution in [0.2, 0.25) is 9.63 Å². The minimum atomic E-state index is 0.832. The summed E-state index contributed by atoms with van der Waals surface area (Å²) in [6, 6.07) is 0. The van der Waals surface area contributed by atoms with E-state index in [2.05, 4.69) is 37.2 Å². The van der Waals surface area contributed by atoms with E-state index in [9.17, 15) is 0 Å². The van der Waals surface area contributed by atoms with Crippen LogP contribution in [0.3, 0.4) is 0 Å². The molecule has 0 bridgehead atoms. The molecule has 60 valence electrons. The summed E-state index contributed by atoms with van der Waals surface area (Å²) in [5.41, 5.74) is 0. The Bertz CT molecular complexity index is 91.7. The normalized spacial score (nSPS) is 34.2. The third kappa shape index (κ3) is 2.82. The molecule has 0 spiro atoms. The predicted octanol–water partition coefficient (Wildman–Crippen LogP) is 1.66. The van der Waals surface area contributed by atoms with Crippen molar-refractivity contribution in [2.45, 2.75) is 9.63 Å². The van der Waals surface area contributed by atoms with E-state index in [1.165, 1.54) is 23.7 Å². The van der Waals surface area contributed by atoms with Gasteiger partial charge in [0.25, 0.3) is 0 Å². The molecule has 2 unspecified atom stereocenters. The molecule has 0 aromatic rings. The van der Waals surface area contributed by atoms with Crippen LogP contribution in [-0.2, 0) is 0 Å². The molecule has 1 aliphatic heterocycles. The van der Waals surface area contributed by atoms with E-state index >= 15 is 0 Å². The molecule has 0 radical (unpaired) electrons. The van der Waals surface area contributed by atoms with Crippen molar-refractivity contribution in [2.75, 3.05) is 23.7 Å². The van der Waals surface area contributed by atoms with Gasteiger partial charge in [-0.3, -0.25) is 0 Å². The Labute approximate surface area is 85.1 Å². The van der Waals surface area contributed by atoms with Crippen LogP contribution < -0.4 is 5.32 Å². The van der Waals surface area contributed by atoms with Gasteiger partial charge in [0.1, 0.15) is 0 Å². The van der Waals surface area contributed by atoms with Gasteiger partial charge in [-0.1, -0.05) is 0 Å². The Kier molecular flexibility index (Phi) is 4.91. The number of alkyl halides is 2. The molecule has 1 aliphatic rings. The summed E-state index contributed by atoms with van der Waals surface area (Å²) in [5.74, 6) is 0. The summed E-state index contributed by atoms with van der Waals surface area (Å²) >= 11 is 7.89. The Balaban J connectivity index is 2.25. The minimum absolute atomic E-state index is 0.832. The Morgan fingerprint density at radius 2 is 1.70 bits per heavy atom. The Morgan fingerprint density at radius 1 is 1.20 bits per heavy atom. The van der Waals surface area contributed by atoms with Crippen LogP contribution in [0.4, 0.5) is 0 Å². The zero-order chi connectivity index (χ0) is 7.40. The zero-order valence-corrected chi connectivity index (χ0v) is 10.5. The molecule has 0 aromatic heterocycles. The van der Waals surface area contributed by atoms with Crippen molar-refractivity contribution < 1.29 is 0 Å². The van der Waals surface area contributed by atoms with E-state index in [4.69, 9.17) is 0 Å². The summed E-state index contributed by atoms with van der Waals surface area (Å²) in [4.78, 5) is 1.81. The number of nitrogens with one attached hydrogen (secondary N) is 1. The van der Waals surface area contributed by atoms with E-state index in [0.717, 1.165) is 24.6 Å².